The van der Waals surface area contributed by atoms with Gasteiger partial charge in [0.15, 0.2) is 0 Å². The van der Waals surface area contributed by atoms with Crippen molar-refractivity contribution >= 4 is 11.0 Å². The highest BCUT2D eigenvalue weighted by Crippen LogP contribution is 2.14. The molecule has 0 aliphatic carbocycles. The molecule has 0 fully saturated rings. The van der Waals surface area contributed by atoms with Gasteiger partial charge in [0, 0.05) is 30.9 Å². The maximum absolute atomic E-state index is 8.66. The average molecular weight is 214 g/mol. The molecule has 0 aromatic carbocycles. The number of nitrogens with one attached hydrogen (secondary N) is 2. The van der Waals surface area contributed by atoms with Crippen LogP contribution in [0.4, 0.5) is 0 Å². The standard InChI is InChI=1S/C12H14N4/c1-9(5-13)6-14-7-10-8-16-12-11(10)3-2-4-15-12/h2-4,8-9,14H,6-7H2,1H3,(H,15,16). The number of H-pyrrole nitrogens is 1. The van der Waals surface area contributed by atoms with Crippen LogP contribution in [0.5, 0.6) is 0 Å². The summed E-state index contributed by atoms with van der Waals surface area (Å²) in [6.07, 6.45) is 3.73. The van der Waals surface area contributed by atoms with E-state index in [0.29, 0.717) is 6.54 Å². The van der Waals surface area contributed by atoms with Crippen LogP contribution < -0.4 is 5.32 Å². The molecule has 82 valence electrons. The van der Waals surface area contributed by atoms with Crippen molar-refractivity contribution in [1.29, 1.82) is 5.26 Å². The van der Waals surface area contributed by atoms with Crippen LogP contribution in [0.3, 0.4) is 0 Å². The Morgan fingerprint density at radius 2 is 2.50 bits per heavy atom. The van der Waals surface area contributed by atoms with Gasteiger partial charge in [0.05, 0.1) is 12.0 Å². The normalized spacial score (nSPS) is 12.5. The Bertz CT molecular complexity index is 509. The lowest BCUT2D eigenvalue weighted by molar-refractivity contribution is 0.603. The van der Waals surface area contributed by atoms with E-state index in [2.05, 4.69) is 21.4 Å². The van der Waals surface area contributed by atoms with Crippen molar-refractivity contribution in [3.63, 3.8) is 0 Å². The quantitative estimate of drug-likeness (QED) is 0.815. The summed E-state index contributed by atoms with van der Waals surface area (Å²) in [5, 5.41) is 13.1. The molecule has 0 aliphatic heterocycles. The molecule has 0 amide bonds. The smallest absolute Gasteiger partial charge is 0.137 e. The Hall–Kier alpha value is -1.86. The molecule has 1 atom stereocenters. The van der Waals surface area contributed by atoms with E-state index in [-0.39, 0.29) is 5.92 Å². The summed E-state index contributed by atoms with van der Waals surface area (Å²) in [6, 6.07) is 6.17. The number of fused-ring (bicyclic) bond motifs is 1. The molecule has 2 aromatic heterocycles. The van der Waals surface area contributed by atoms with E-state index in [1.54, 1.807) is 6.20 Å². The molecule has 2 rings (SSSR count). The van der Waals surface area contributed by atoms with E-state index in [1.807, 2.05) is 25.3 Å². The van der Waals surface area contributed by atoms with E-state index < -0.39 is 0 Å². The van der Waals surface area contributed by atoms with Gasteiger partial charge in [-0.2, -0.15) is 5.26 Å². The average Bonchev–Trinajstić information content (AvgIpc) is 2.73. The molecule has 0 saturated heterocycles. The summed E-state index contributed by atoms with van der Waals surface area (Å²) >= 11 is 0. The third kappa shape index (κ3) is 2.20. The summed E-state index contributed by atoms with van der Waals surface area (Å²) in [4.78, 5) is 7.35. The van der Waals surface area contributed by atoms with Crippen LogP contribution in [0, 0.1) is 17.2 Å². The van der Waals surface area contributed by atoms with E-state index in [4.69, 9.17) is 5.26 Å². The molecule has 2 heterocycles. The monoisotopic (exact) mass is 214 g/mol. The van der Waals surface area contributed by atoms with Crippen LogP contribution in [0.25, 0.3) is 11.0 Å². The number of aromatic nitrogens is 2. The predicted octanol–water partition coefficient (Wildman–Crippen LogP) is 1.81. The largest absolute Gasteiger partial charge is 0.346 e. The van der Waals surface area contributed by atoms with Crippen LogP contribution in [0.1, 0.15) is 12.5 Å². The van der Waals surface area contributed by atoms with Gasteiger partial charge in [-0.15, -0.1) is 0 Å². The molecule has 4 nitrogen and oxygen atoms in total. The minimum absolute atomic E-state index is 0.0448. The van der Waals surface area contributed by atoms with Crippen molar-refractivity contribution in [3.8, 4) is 6.07 Å². The topological polar surface area (TPSA) is 64.5 Å². The third-order valence-electron chi connectivity index (χ3n) is 2.52. The highest BCUT2D eigenvalue weighted by molar-refractivity contribution is 5.79. The Labute approximate surface area is 94.3 Å². The lowest BCUT2D eigenvalue weighted by atomic mass is 10.2. The molecule has 2 N–H and O–H groups in total. The molecular formula is C12H14N4. The first-order chi connectivity index (χ1) is 7.81. The van der Waals surface area contributed by atoms with Gasteiger partial charge in [-0.1, -0.05) is 0 Å². The zero-order chi connectivity index (χ0) is 11.4. The highest BCUT2D eigenvalue weighted by atomic mass is 14.9. The second-order valence-electron chi connectivity index (χ2n) is 3.87. The molecule has 2 aromatic rings. The summed E-state index contributed by atoms with van der Waals surface area (Å²) in [5.74, 6) is 0.0448. The summed E-state index contributed by atoms with van der Waals surface area (Å²) < 4.78 is 0. The number of hydrogen-bond donors (Lipinski definition) is 2. The van der Waals surface area contributed by atoms with Crippen LogP contribution in [0.15, 0.2) is 24.5 Å². The van der Waals surface area contributed by atoms with Gasteiger partial charge in [0.2, 0.25) is 0 Å². The summed E-state index contributed by atoms with van der Waals surface area (Å²) in [5.41, 5.74) is 2.10. The molecule has 4 heteroatoms. The first kappa shape index (κ1) is 10.7. The van der Waals surface area contributed by atoms with E-state index in [0.717, 1.165) is 17.6 Å². The number of hydrogen-bond acceptors (Lipinski definition) is 3. The van der Waals surface area contributed by atoms with Crippen molar-refractivity contribution in [2.24, 2.45) is 5.92 Å². The van der Waals surface area contributed by atoms with E-state index in [9.17, 15) is 0 Å². The van der Waals surface area contributed by atoms with Crippen LogP contribution in [0.2, 0.25) is 0 Å². The minimum atomic E-state index is 0.0448. The van der Waals surface area contributed by atoms with Crippen LogP contribution >= 0.6 is 0 Å². The molecule has 0 bridgehead atoms. The Morgan fingerprint density at radius 3 is 3.31 bits per heavy atom. The lowest BCUT2D eigenvalue weighted by Crippen LogP contribution is -2.19. The van der Waals surface area contributed by atoms with Crippen LogP contribution in [-0.2, 0) is 6.54 Å². The Balaban J connectivity index is 2.02. The third-order valence-corrected chi connectivity index (χ3v) is 2.52. The highest BCUT2D eigenvalue weighted by Gasteiger charge is 2.04. The van der Waals surface area contributed by atoms with Crippen molar-refractivity contribution in [2.45, 2.75) is 13.5 Å². The zero-order valence-corrected chi connectivity index (χ0v) is 9.20. The van der Waals surface area contributed by atoms with Crippen molar-refractivity contribution in [1.82, 2.24) is 15.3 Å². The minimum Gasteiger partial charge on any atom is -0.346 e. The molecule has 0 saturated carbocycles. The van der Waals surface area contributed by atoms with Gasteiger partial charge >= 0.3 is 0 Å². The number of rotatable bonds is 4. The SMILES string of the molecule is CC(C#N)CNCc1c[nH]c2ncccc12. The fraction of sp³-hybridized carbons (Fsp3) is 0.333. The first-order valence-electron chi connectivity index (χ1n) is 5.32. The van der Waals surface area contributed by atoms with Gasteiger partial charge in [0.1, 0.15) is 5.65 Å². The summed E-state index contributed by atoms with van der Waals surface area (Å²) in [6.45, 7) is 3.38. The number of nitrogens with zero attached hydrogens (tertiary/aromatic N) is 2. The van der Waals surface area contributed by atoms with Crippen molar-refractivity contribution < 1.29 is 0 Å². The second-order valence-corrected chi connectivity index (χ2v) is 3.87. The molecule has 1 unspecified atom stereocenters. The molecule has 0 aliphatic rings. The van der Waals surface area contributed by atoms with Crippen molar-refractivity contribution in [2.75, 3.05) is 6.54 Å². The van der Waals surface area contributed by atoms with Gasteiger partial charge in [0.25, 0.3) is 0 Å². The maximum Gasteiger partial charge on any atom is 0.137 e. The van der Waals surface area contributed by atoms with Gasteiger partial charge in [-0.3, -0.25) is 0 Å². The molecule has 0 spiro atoms. The number of aromatic amines is 1. The Morgan fingerprint density at radius 1 is 1.62 bits per heavy atom. The Kier molecular flexibility index (Phi) is 3.18. The second kappa shape index (κ2) is 4.77. The number of pyridine rings is 1. The predicted molar refractivity (Wildman–Crippen MR) is 62.6 cm³/mol. The first-order valence-corrected chi connectivity index (χ1v) is 5.32. The van der Waals surface area contributed by atoms with Crippen LogP contribution in [-0.4, -0.2) is 16.5 Å². The van der Waals surface area contributed by atoms with Gasteiger partial charge in [-0.05, 0) is 24.6 Å². The fourth-order valence-corrected chi connectivity index (χ4v) is 1.63. The molecular weight excluding hydrogens is 200 g/mol. The number of nitriles is 1. The van der Waals surface area contributed by atoms with Gasteiger partial charge in [-0.25, -0.2) is 4.98 Å². The fourth-order valence-electron chi connectivity index (χ4n) is 1.63. The summed E-state index contributed by atoms with van der Waals surface area (Å²) in [7, 11) is 0. The molecule has 0 radical (unpaired) electrons. The lowest BCUT2D eigenvalue weighted by Gasteiger charge is -2.04. The maximum atomic E-state index is 8.66. The zero-order valence-electron chi connectivity index (χ0n) is 9.20. The van der Waals surface area contributed by atoms with E-state index >= 15 is 0 Å². The van der Waals surface area contributed by atoms with Crippen molar-refractivity contribution in [3.05, 3.63) is 30.1 Å². The van der Waals surface area contributed by atoms with Gasteiger partial charge < -0.3 is 10.3 Å². The van der Waals surface area contributed by atoms with E-state index in [1.165, 1.54) is 5.56 Å². The molecule has 16 heavy (non-hydrogen) atoms.